The molecule has 0 bridgehead atoms. The normalized spacial score (nSPS) is 17.8. The van der Waals surface area contributed by atoms with Crippen LogP contribution >= 0.6 is 0 Å². The van der Waals surface area contributed by atoms with E-state index in [4.69, 9.17) is 4.74 Å². The van der Waals surface area contributed by atoms with Gasteiger partial charge in [-0.3, -0.25) is 14.6 Å². The van der Waals surface area contributed by atoms with E-state index in [-0.39, 0.29) is 12.0 Å². The van der Waals surface area contributed by atoms with Crippen LogP contribution < -0.4 is 0 Å². The second-order valence-corrected chi connectivity index (χ2v) is 6.36. The lowest BCUT2D eigenvalue weighted by Crippen LogP contribution is -2.38. The van der Waals surface area contributed by atoms with Gasteiger partial charge in [-0.1, -0.05) is 30.3 Å². The molecule has 0 spiro atoms. The Bertz CT molecular complexity index is 844. The van der Waals surface area contributed by atoms with E-state index in [2.05, 4.69) is 15.3 Å². The number of carbonyl (C=O) groups excluding carboxylic acids is 1. The maximum atomic E-state index is 12.9. The largest absolute Gasteiger partial charge is 0.374 e. The fourth-order valence-electron chi connectivity index (χ4n) is 3.17. The molecule has 1 aromatic carbocycles. The lowest BCUT2D eigenvalue weighted by molar-refractivity contribution is 0.0365. The molecule has 1 amide bonds. The van der Waals surface area contributed by atoms with E-state index in [1.807, 2.05) is 58.2 Å². The molecule has 1 aliphatic heterocycles. The van der Waals surface area contributed by atoms with Gasteiger partial charge in [0.2, 0.25) is 0 Å². The molecule has 0 aliphatic carbocycles. The minimum Gasteiger partial charge on any atom is -0.374 e. The van der Waals surface area contributed by atoms with Gasteiger partial charge in [0.05, 0.1) is 18.3 Å². The molecule has 1 aliphatic rings. The third-order valence-electron chi connectivity index (χ3n) is 4.46. The summed E-state index contributed by atoms with van der Waals surface area (Å²) in [7, 11) is 0. The highest BCUT2D eigenvalue weighted by molar-refractivity contribution is 5.93. The third-order valence-corrected chi connectivity index (χ3v) is 4.46. The number of aromatic nitrogens is 4. The van der Waals surface area contributed by atoms with Crippen molar-refractivity contribution in [1.29, 1.82) is 0 Å². The predicted octanol–water partition coefficient (Wildman–Crippen LogP) is 2.20. The average Bonchev–Trinajstić information content (AvgIpc) is 3.31. The van der Waals surface area contributed by atoms with Gasteiger partial charge in [-0.15, -0.1) is 0 Å². The number of ether oxygens (including phenoxy) is 1. The van der Waals surface area contributed by atoms with Crippen LogP contribution in [0.3, 0.4) is 0 Å². The molecule has 26 heavy (non-hydrogen) atoms. The molecule has 0 radical (unpaired) electrons. The fraction of sp³-hybridized carbons (Fsp3) is 0.316. The van der Waals surface area contributed by atoms with Crippen molar-refractivity contribution in [2.75, 3.05) is 19.7 Å². The van der Waals surface area contributed by atoms with Crippen LogP contribution in [0.1, 0.15) is 16.9 Å². The van der Waals surface area contributed by atoms with Gasteiger partial charge in [0, 0.05) is 37.7 Å². The Hall–Kier alpha value is -2.93. The standard InChI is InChI=1S/C19H21N5O2/c25-19(18-12-17(21-22-18)15-6-2-1-3-7-15)23-9-5-11-26-16(13-23)14-24-10-4-8-20-24/h1-4,6-8,10,12,16H,5,9,11,13-14H2,(H,21,22)/t16-/m0/s1. The van der Waals surface area contributed by atoms with Gasteiger partial charge in [0.1, 0.15) is 5.69 Å². The van der Waals surface area contributed by atoms with Crippen LogP contribution in [-0.4, -0.2) is 56.6 Å². The van der Waals surface area contributed by atoms with Crippen LogP contribution in [0.4, 0.5) is 0 Å². The maximum Gasteiger partial charge on any atom is 0.271 e. The number of hydrogen-bond acceptors (Lipinski definition) is 4. The van der Waals surface area contributed by atoms with Gasteiger partial charge in [-0.2, -0.15) is 10.2 Å². The molecule has 2 aromatic heterocycles. The van der Waals surface area contributed by atoms with Crippen LogP contribution in [0.5, 0.6) is 0 Å². The van der Waals surface area contributed by atoms with Crippen molar-refractivity contribution in [3.8, 4) is 11.3 Å². The van der Waals surface area contributed by atoms with Crippen LogP contribution in [0.15, 0.2) is 54.9 Å². The summed E-state index contributed by atoms with van der Waals surface area (Å²) in [4.78, 5) is 14.8. The number of carbonyl (C=O) groups is 1. The molecule has 4 rings (SSSR count). The molecule has 0 saturated carbocycles. The van der Waals surface area contributed by atoms with Crippen molar-refractivity contribution in [2.45, 2.75) is 19.1 Å². The van der Waals surface area contributed by atoms with Crippen molar-refractivity contribution in [2.24, 2.45) is 0 Å². The molecule has 0 unspecified atom stereocenters. The van der Waals surface area contributed by atoms with Crippen molar-refractivity contribution in [3.63, 3.8) is 0 Å². The van der Waals surface area contributed by atoms with E-state index in [1.165, 1.54) is 0 Å². The van der Waals surface area contributed by atoms with Crippen molar-refractivity contribution < 1.29 is 9.53 Å². The molecule has 3 heterocycles. The summed E-state index contributed by atoms with van der Waals surface area (Å²) >= 11 is 0. The maximum absolute atomic E-state index is 12.9. The van der Waals surface area contributed by atoms with Crippen LogP contribution in [0, 0.1) is 0 Å². The highest BCUT2D eigenvalue weighted by Gasteiger charge is 2.25. The molecule has 1 fully saturated rings. The molecule has 1 atom stereocenters. The molecule has 3 aromatic rings. The minimum absolute atomic E-state index is 0.0457. The Morgan fingerprint density at radius 3 is 2.96 bits per heavy atom. The number of amides is 1. The summed E-state index contributed by atoms with van der Waals surface area (Å²) < 4.78 is 7.72. The van der Waals surface area contributed by atoms with E-state index in [9.17, 15) is 4.79 Å². The number of H-pyrrole nitrogens is 1. The first kappa shape index (κ1) is 16.5. The van der Waals surface area contributed by atoms with Crippen LogP contribution in [0.25, 0.3) is 11.3 Å². The van der Waals surface area contributed by atoms with Crippen molar-refractivity contribution >= 4 is 5.91 Å². The minimum atomic E-state index is -0.0714. The van der Waals surface area contributed by atoms with Gasteiger partial charge in [-0.05, 0) is 18.6 Å². The van der Waals surface area contributed by atoms with Crippen LogP contribution in [0.2, 0.25) is 0 Å². The number of benzene rings is 1. The molecule has 7 nitrogen and oxygen atoms in total. The smallest absolute Gasteiger partial charge is 0.271 e. The topological polar surface area (TPSA) is 76.0 Å². The zero-order valence-corrected chi connectivity index (χ0v) is 14.4. The number of rotatable bonds is 4. The third kappa shape index (κ3) is 3.67. The van der Waals surface area contributed by atoms with Gasteiger partial charge in [-0.25, -0.2) is 0 Å². The van der Waals surface area contributed by atoms with Gasteiger partial charge in [0.25, 0.3) is 5.91 Å². The Balaban J connectivity index is 1.47. The average molecular weight is 351 g/mol. The monoisotopic (exact) mass is 351 g/mol. The Labute approximate surface area is 151 Å². The number of nitrogens with zero attached hydrogens (tertiary/aromatic N) is 4. The fourth-order valence-corrected chi connectivity index (χ4v) is 3.17. The molecule has 134 valence electrons. The first-order valence-corrected chi connectivity index (χ1v) is 8.79. The molecular formula is C19H21N5O2. The van der Waals surface area contributed by atoms with E-state index in [1.54, 1.807) is 6.20 Å². The van der Waals surface area contributed by atoms with Gasteiger partial charge < -0.3 is 9.64 Å². The predicted molar refractivity (Wildman–Crippen MR) is 96.5 cm³/mol. The van der Waals surface area contributed by atoms with E-state index >= 15 is 0 Å². The van der Waals surface area contributed by atoms with E-state index < -0.39 is 0 Å². The SMILES string of the molecule is O=C(c1cc(-c2ccccc2)n[nH]1)N1CCCO[C@H](Cn2cccn2)C1. The summed E-state index contributed by atoms with van der Waals surface area (Å²) in [6, 6.07) is 13.5. The number of nitrogens with one attached hydrogen (secondary N) is 1. The Morgan fingerprint density at radius 1 is 1.27 bits per heavy atom. The summed E-state index contributed by atoms with van der Waals surface area (Å²) in [6.07, 6.45) is 4.40. The first-order valence-electron chi connectivity index (χ1n) is 8.79. The quantitative estimate of drug-likeness (QED) is 0.782. The molecular weight excluding hydrogens is 330 g/mol. The Morgan fingerprint density at radius 2 is 2.15 bits per heavy atom. The first-order chi connectivity index (χ1) is 12.8. The summed E-state index contributed by atoms with van der Waals surface area (Å²) in [6.45, 7) is 2.50. The van der Waals surface area contributed by atoms with Crippen molar-refractivity contribution in [1.82, 2.24) is 24.9 Å². The van der Waals surface area contributed by atoms with E-state index in [0.29, 0.717) is 31.9 Å². The summed E-state index contributed by atoms with van der Waals surface area (Å²) in [5, 5.41) is 11.4. The lowest BCUT2D eigenvalue weighted by atomic mass is 10.1. The molecule has 7 heteroatoms. The highest BCUT2D eigenvalue weighted by atomic mass is 16.5. The molecule has 1 N–H and O–H groups in total. The lowest BCUT2D eigenvalue weighted by Gasteiger charge is -2.23. The van der Waals surface area contributed by atoms with Crippen molar-refractivity contribution in [3.05, 3.63) is 60.6 Å². The summed E-state index contributed by atoms with van der Waals surface area (Å²) in [5.74, 6) is -0.0457. The second kappa shape index (κ2) is 7.53. The number of aromatic amines is 1. The zero-order chi connectivity index (χ0) is 17.8. The molecule has 1 saturated heterocycles. The summed E-state index contributed by atoms with van der Waals surface area (Å²) in [5.41, 5.74) is 2.26. The van der Waals surface area contributed by atoms with Gasteiger partial charge in [0.15, 0.2) is 0 Å². The zero-order valence-electron chi connectivity index (χ0n) is 14.4. The Kier molecular flexibility index (Phi) is 4.79. The number of hydrogen-bond donors (Lipinski definition) is 1. The highest BCUT2D eigenvalue weighted by Crippen LogP contribution is 2.18. The van der Waals surface area contributed by atoms with Gasteiger partial charge >= 0.3 is 0 Å². The van der Waals surface area contributed by atoms with Crippen LogP contribution in [-0.2, 0) is 11.3 Å². The second-order valence-electron chi connectivity index (χ2n) is 6.36. The van der Waals surface area contributed by atoms with E-state index in [0.717, 1.165) is 17.7 Å².